The summed E-state index contributed by atoms with van der Waals surface area (Å²) in [5.74, 6) is -0.0319. The molecule has 0 aliphatic rings. The highest BCUT2D eigenvalue weighted by Crippen LogP contribution is 2.21. The fraction of sp³-hybridized carbons (Fsp3) is 0. The largest absolute Gasteiger partial charge is 0.508 e. The van der Waals surface area contributed by atoms with Crippen LogP contribution in [0.1, 0.15) is 5.56 Å². The van der Waals surface area contributed by atoms with Gasteiger partial charge in [0.25, 0.3) is 5.69 Å². The average Bonchev–Trinajstić information content (AvgIpc) is 1.94. The molecule has 1 aromatic rings. The van der Waals surface area contributed by atoms with Gasteiger partial charge in [-0.25, -0.2) is 0 Å². The number of benzene rings is 1. The van der Waals surface area contributed by atoms with Gasteiger partial charge in [0.1, 0.15) is 5.75 Å². The number of nitro benzene ring substituents is 1. The zero-order valence-corrected chi connectivity index (χ0v) is 5.65. The van der Waals surface area contributed by atoms with Crippen molar-refractivity contribution in [2.45, 2.75) is 0 Å². The number of nitrogens with zero attached hydrogens (tertiary/aromatic N) is 1. The minimum absolute atomic E-state index is 0.0319. The van der Waals surface area contributed by atoms with Crippen molar-refractivity contribution < 1.29 is 10.0 Å². The molecule has 0 aromatic heterocycles. The van der Waals surface area contributed by atoms with Crippen LogP contribution in [0, 0.1) is 17.0 Å². The van der Waals surface area contributed by atoms with Gasteiger partial charge in [0.05, 0.1) is 4.92 Å². The zero-order chi connectivity index (χ0) is 8.43. The smallest absolute Gasteiger partial charge is 0.269 e. The van der Waals surface area contributed by atoms with Gasteiger partial charge in [0.15, 0.2) is 0 Å². The van der Waals surface area contributed by atoms with E-state index in [1.165, 1.54) is 18.2 Å². The Morgan fingerprint density at radius 3 is 2.64 bits per heavy atom. The predicted octanol–water partition coefficient (Wildman–Crippen LogP) is 1.48. The van der Waals surface area contributed by atoms with E-state index < -0.39 is 4.92 Å². The van der Waals surface area contributed by atoms with E-state index in [2.05, 4.69) is 6.92 Å². The Balaban J connectivity index is 3.15. The monoisotopic (exact) mass is 152 g/mol. The second-order valence-corrected chi connectivity index (χ2v) is 2.07. The van der Waals surface area contributed by atoms with Gasteiger partial charge in [-0.2, -0.15) is 0 Å². The highest BCUT2D eigenvalue weighted by molar-refractivity contribution is 5.44. The van der Waals surface area contributed by atoms with Gasteiger partial charge in [-0.05, 0) is 13.0 Å². The van der Waals surface area contributed by atoms with E-state index in [4.69, 9.17) is 5.11 Å². The number of non-ortho nitro benzene ring substituents is 1. The summed E-state index contributed by atoms with van der Waals surface area (Å²) < 4.78 is 0. The molecule has 0 saturated carbocycles. The molecule has 0 amide bonds. The lowest BCUT2D eigenvalue weighted by Gasteiger charge is -1.95. The lowest BCUT2D eigenvalue weighted by atomic mass is 10.2. The minimum atomic E-state index is -0.534. The number of hydrogen-bond acceptors (Lipinski definition) is 3. The molecule has 0 atom stereocenters. The lowest BCUT2D eigenvalue weighted by Crippen LogP contribution is -1.87. The highest BCUT2D eigenvalue weighted by Gasteiger charge is 2.06. The summed E-state index contributed by atoms with van der Waals surface area (Å²) in [5.41, 5.74) is 0.201. The topological polar surface area (TPSA) is 63.4 Å². The normalized spacial score (nSPS) is 9.55. The molecular formula is C7H6NO3. The van der Waals surface area contributed by atoms with Crippen molar-refractivity contribution in [3.05, 3.63) is 40.8 Å². The van der Waals surface area contributed by atoms with Crippen LogP contribution in [-0.4, -0.2) is 10.0 Å². The first-order valence-corrected chi connectivity index (χ1v) is 2.90. The quantitative estimate of drug-likeness (QED) is 0.489. The second kappa shape index (κ2) is 2.57. The third-order valence-corrected chi connectivity index (χ3v) is 1.27. The molecule has 57 valence electrons. The van der Waals surface area contributed by atoms with Crippen molar-refractivity contribution in [2.24, 2.45) is 0 Å². The van der Waals surface area contributed by atoms with Gasteiger partial charge >= 0.3 is 0 Å². The summed E-state index contributed by atoms with van der Waals surface area (Å²) in [6.07, 6.45) is 0. The van der Waals surface area contributed by atoms with Crippen LogP contribution in [0.5, 0.6) is 5.75 Å². The number of phenolic OH excluding ortho intramolecular Hbond substituents is 1. The van der Waals surface area contributed by atoms with E-state index in [1.807, 2.05) is 0 Å². The molecule has 0 fully saturated rings. The summed E-state index contributed by atoms with van der Waals surface area (Å²) in [5, 5.41) is 19.1. The molecule has 1 radical (unpaired) electrons. The molecule has 0 unspecified atom stereocenters. The number of nitro groups is 1. The van der Waals surface area contributed by atoms with Crippen LogP contribution in [0.15, 0.2) is 18.2 Å². The van der Waals surface area contributed by atoms with Gasteiger partial charge in [-0.1, -0.05) is 0 Å². The van der Waals surface area contributed by atoms with E-state index in [1.54, 1.807) is 0 Å². The molecule has 4 heteroatoms. The van der Waals surface area contributed by atoms with Crippen LogP contribution in [-0.2, 0) is 0 Å². The van der Waals surface area contributed by atoms with Gasteiger partial charge in [0, 0.05) is 17.7 Å². The number of phenols is 1. The summed E-state index contributed by atoms with van der Waals surface area (Å²) in [6.45, 7) is 3.41. The Labute approximate surface area is 63.2 Å². The average molecular weight is 152 g/mol. The molecule has 0 heterocycles. The van der Waals surface area contributed by atoms with E-state index in [-0.39, 0.29) is 17.0 Å². The molecule has 11 heavy (non-hydrogen) atoms. The molecule has 1 N–H and O–H groups in total. The van der Waals surface area contributed by atoms with Crippen molar-refractivity contribution in [2.75, 3.05) is 0 Å². The van der Waals surface area contributed by atoms with Crippen LogP contribution >= 0.6 is 0 Å². The fourth-order valence-electron chi connectivity index (χ4n) is 0.685. The summed E-state index contributed by atoms with van der Waals surface area (Å²) >= 11 is 0. The van der Waals surface area contributed by atoms with E-state index in [0.717, 1.165) is 0 Å². The second-order valence-electron chi connectivity index (χ2n) is 2.07. The predicted molar refractivity (Wildman–Crippen MR) is 39.2 cm³/mol. The maximum Gasteiger partial charge on any atom is 0.269 e. The Kier molecular flexibility index (Phi) is 1.76. The van der Waals surface area contributed by atoms with Crippen molar-refractivity contribution in [3.8, 4) is 5.75 Å². The minimum Gasteiger partial charge on any atom is -0.508 e. The first-order valence-electron chi connectivity index (χ1n) is 2.90. The van der Waals surface area contributed by atoms with Crippen molar-refractivity contribution in [1.29, 1.82) is 0 Å². The Hall–Kier alpha value is -1.58. The maximum absolute atomic E-state index is 10.2. The van der Waals surface area contributed by atoms with Crippen molar-refractivity contribution >= 4 is 5.69 Å². The maximum atomic E-state index is 10.2. The Morgan fingerprint density at radius 1 is 1.55 bits per heavy atom. The molecule has 1 rings (SSSR count). The highest BCUT2D eigenvalue weighted by atomic mass is 16.6. The summed E-state index contributed by atoms with van der Waals surface area (Å²) in [6, 6.07) is 3.69. The Morgan fingerprint density at radius 2 is 2.18 bits per heavy atom. The van der Waals surface area contributed by atoms with Crippen LogP contribution in [0.25, 0.3) is 0 Å². The van der Waals surface area contributed by atoms with E-state index >= 15 is 0 Å². The van der Waals surface area contributed by atoms with Gasteiger partial charge in [-0.15, -0.1) is 0 Å². The summed E-state index contributed by atoms with van der Waals surface area (Å²) in [7, 11) is 0. The molecule has 0 aliphatic heterocycles. The molecule has 0 spiro atoms. The number of aromatic hydroxyl groups is 1. The van der Waals surface area contributed by atoms with E-state index in [0.29, 0.717) is 0 Å². The molecule has 4 nitrogen and oxygen atoms in total. The van der Waals surface area contributed by atoms with Gasteiger partial charge in [0.2, 0.25) is 0 Å². The van der Waals surface area contributed by atoms with Gasteiger partial charge in [-0.3, -0.25) is 10.1 Å². The van der Waals surface area contributed by atoms with Gasteiger partial charge < -0.3 is 5.11 Å². The third kappa shape index (κ3) is 1.46. The number of hydrogen-bond donors (Lipinski definition) is 1. The van der Waals surface area contributed by atoms with Crippen LogP contribution in [0.4, 0.5) is 5.69 Å². The molecule has 0 saturated heterocycles. The fourth-order valence-corrected chi connectivity index (χ4v) is 0.685. The molecular weight excluding hydrogens is 146 g/mol. The molecule has 1 aromatic carbocycles. The lowest BCUT2D eigenvalue weighted by molar-refractivity contribution is -0.384. The first-order chi connectivity index (χ1) is 5.11. The van der Waals surface area contributed by atoms with E-state index in [9.17, 15) is 10.1 Å². The summed E-state index contributed by atoms with van der Waals surface area (Å²) in [4.78, 5) is 9.63. The van der Waals surface area contributed by atoms with Crippen LogP contribution in [0.3, 0.4) is 0 Å². The zero-order valence-electron chi connectivity index (χ0n) is 5.65. The van der Waals surface area contributed by atoms with Crippen LogP contribution in [0.2, 0.25) is 0 Å². The first kappa shape index (κ1) is 7.53. The Bertz CT molecular complexity index is 296. The van der Waals surface area contributed by atoms with Crippen molar-refractivity contribution in [3.63, 3.8) is 0 Å². The number of rotatable bonds is 1. The van der Waals surface area contributed by atoms with Crippen molar-refractivity contribution in [1.82, 2.24) is 0 Å². The van der Waals surface area contributed by atoms with Crippen LogP contribution < -0.4 is 0 Å². The molecule has 0 aliphatic carbocycles. The standard InChI is InChI=1S/C7H6NO3/c1-5-4-6(8(10)11)2-3-7(5)9/h2-4,9H,1H2. The SMILES string of the molecule is [CH2]c1cc([N+](=O)[O-])ccc1O. The third-order valence-electron chi connectivity index (χ3n) is 1.27. The molecule has 0 bridgehead atoms.